The van der Waals surface area contributed by atoms with Gasteiger partial charge in [0.2, 0.25) is 0 Å². The van der Waals surface area contributed by atoms with Crippen molar-refractivity contribution in [2.24, 2.45) is 0 Å². The molecule has 2 nitrogen and oxygen atoms in total. The van der Waals surface area contributed by atoms with Gasteiger partial charge in [0, 0.05) is 11.6 Å². The second-order valence-electron chi connectivity index (χ2n) is 3.40. The normalized spacial score (nSPS) is 12.0. The van der Waals surface area contributed by atoms with Crippen molar-refractivity contribution in [2.75, 3.05) is 6.54 Å². The fourth-order valence-electron chi connectivity index (χ4n) is 1.48. The Bertz CT molecular complexity index is 354. The van der Waals surface area contributed by atoms with Gasteiger partial charge in [-0.15, -0.1) is 5.92 Å². The summed E-state index contributed by atoms with van der Waals surface area (Å²) in [5.74, 6) is 7.80. The van der Waals surface area contributed by atoms with Crippen molar-refractivity contribution in [1.82, 2.24) is 5.32 Å². The molecule has 1 N–H and O–H groups in total. The summed E-state index contributed by atoms with van der Waals surface area (Å²) in [5.41, 5.74) is 1.22. The van der Waals surface area contributed by atoms with Crippen LogP contribution in [0.3, 0.4) is 0 Å². The molecule has 14 heavy (non-hydrogen) atoms. The molecule has 76 valence electrons. The topological polar surface area (TPSA) is 25.2 Å². The summed E-state index contributed by atoms with van der Waals surface area (Å²) < 4.78 is 5.47. The van der Waals surface area contributed by atoms with Gasteiger partial charge in [0.05, 0.1) is 6.54 Å². The van der Waals surface area contributed by atoms with E-state index in [1.165, 1.54) is 5.56 Å². The third kappa shape index (κ3) is 2.65. The summed E-state index contributed by atoms with van der Waals surface area (Å²) in [7, 11) is 0. The lowest BCUT2D eigenvalue weighted by molar-refractivity contribution is 0.493. The summed E-state index contributed by atoms with van der Waals surface area (Å²) in [6.07, 6.45) is 0. The fourth-order valence-corrected chi connectivity index (χ4v) is 1.48. The van der Waals surface area contributed by atoms with Gasteiger partial charge in [0.15, 0.2) is 0 Å². The second kappa shape index (κ2) is 4.88. The minimum absolute atomic E-state index is 0.299. The number of hydrogen-bond acceptors (Lipinski definition) is 2. The van der Waals surface area contributed by atoms with Crippen LogP contribution in [0.25, 0.3) is 0 Å². The van der Waals surface area contributed by atoms with Crippen molar-refractivity contribution in [1.29, 1.82) is 0 Å². The Morgan fingerprint density at radius 1 is 1.50 bits per heavy atom. The average molecular weight is 191 g/mol. The minimum Gasteiger partial charge on any atom is -0.466 e. The molecular weight excluding hydrogens is 174 g/mol. The van der Waals surface area contributed by atoms with Crippen LogP contribution in [0.4, 0.5) is 0 Å². The molecule has 0 spiro atoms. The highest BCUT2D eigenvalue weighted by Crippen LogP contribution is 2.20. The highest BCUT2D eigenvalue weighted by atomic mass is 16.3. The van der Waals surface area contributed by atoms with E-state index in [9.17, 15) is 0 Å². The molecule has 0 amide bonds. The number of furan rings is 1. The first-order chi connectivity index (χ1) is 6.65. The Morgan fingerprint density at radius 2 is 2.21 bits per heavy atom. The quantitative estimate of drug-likeness (QED) is 0.743. The van der Waals surface area contributed by atoms with Gasteiger partial charge in [-0.2, -0.15) is 0 Å². The van der Waals surface area contributed by atoms with Gasteiger partial charge in [0.25, 0.3) is 0 Å². The van der Waals surface area contributed by atoms with Crippen molar-refractivity contribution in [3.63, 3.8) is 0 Å². The third-order valence-corrected chi connectivity index (χ3v) is 2.22. The fraction of sp³-hybridized carbons (Fsp3) is 0.500. The molecular formula is C12H17NO. The van der Waals surface area contributed by atoms with Crippen LogP contribution < -0.4 is 5.32 Å². The van der Waals surface area contributed by atoms with Gasteiger partial charge in [-0.1, -0.05) is 5.92 Å². The molecule has 1 unspecified atom stereocenters. The standard InChI is InChI=1S/C12H17NO/c1-5-6-7-13-10(3)12-8-9(2)14-11(12)4/h8,10,13H,7H2,1-4H3. The van der Waals surface area contributed by atoms with E-state index in [-0.39, 0.29) is 0 Å². The van der Waals surface area contributed by atoms with E-state index >= 15 is 0 Å². The van der Waals surface area contributed by atoms with Crippen LogP contribution in [-0.4, -0.2) is 6.54 Å². The van der Waals surface area contributed by atoms with Crippen molar-refractivity contribution >= 4 is 0 Å². The number of hydrogen-bond donors (Lipinski definition) is 1. The predicted octanol–water partition coefficient (Wildman–Crippen LogP) is 2.57. The maximum atomic E-state index is 5.47. The van der Waals surface area contributed by atoms with Gasteiger partial charge in [-0.05, 0) is 33.8 Å². The molecule has 1 aromatic rings. The summed E-state index contributed by atoms with van der Waals surface area (Å²) in [6.45, 7) is 8.65. The Hall–Kier alpha value is -1.20. The molecule has 1 heterocycles. The van der Waals surface area contributed by atoms with E-state index < -0.39 is 0 Å². The molecule has 0 saturated heterocycles. The summed E-state index contributed by atoms with van der Waals surface area (Å²) >= 11 is 0. The first-order valence-corrected chi connectivity index (χ1v) is 4.85. The van der Waals surface area contributed by atoms with Crippen LogP contribution in [0.1, 0.15) is 37.0 Å². The van der Waals surface area contributed by atoms with Gasteiger partial charge in [0.1, 0.15) is 11.5 Å². The number of rotatable bonds is 3. The highest BCUT2D eigenvalue weighted by Gasteiger charge is 2.10. The number of nitrogens with one attached hydrogen (secondary N) is 1. The summed E-state index contributed by atoms with van der Waals surface area (Å²) in [4.78, 5) is 0. The minimum atomic E-state index is 0.299. The van der Waals surface area contributed by atoms with E-state index in [0.29, 0.717) is 6.04 Å². The van der Waals surface area contributed by atoms with E-state index in [4.69, 9.17) is 4.42 Å². The molecule has 0 radical (unpaired) electrons. The molecule has 0 saturated carbocycles. The van der Waals surface area contributed by atoms with Crippen LogP contribution in [-0.2, 0) is 0 Å². The Morgan fingerprint density at radius 3 is 2.71 bits per heavy atom. The molecule has 0 aliphatic carbocycles. The highest BCUT2D eigenvalue weighted by molar-refractivity contribution is 5.23. The average Bonchev–Trinajstić information content (AvgIpc) is 2.45. The maximum Gasteiger partial charge on any atom is 0.105 e. The molecule has 0 aromatic carbocycles. The van der Waals surface area contributed by atoms with Gasteiger partial charge in [-0.3, -0.25) is 5.32 Å². The van der Waals surface area contributed by atoms with E-state index in [2.05, 4.69) is 30.1 Å². The monoisotopic (exact) mass is 191 g/mol. The first-order valence-electron chi connectivity index (χ1n) is 4.85. The zero-order valence-corrected chi connectivity index (χ0v) is 9.27. The maximum absolute atomic E-state index is 5.47. The summed E-state index contributed by atoms with van der Waals surface area (Å²) in [5, 5.41) is 3.32. The first kappa shape index (κ1) is 10.9. The van der Waals surface area contributed by atoms with Crippen molar-refractivity contribution in [3.05, 3.63) is 23.2 Å². The Kier molecular flexibility index (Phi) is 3.79. The molecule has 0 fully saturated rings. The van der Waals surface area contributed by atoms with Gasteiger partial charge >= 0.3 is 0 Å². The Balaban J connectivity index is 2.62. The third-order valence-electron chi connectivity index (χ3n) is 2.22. The van der Waals surface area contributed by atoms with E-state index in [1.54, 1.807) is 0 Å². The van der Waals surface area contributed by atoms with Gasteiger partial charge < -0.3 is 4.42 Å². The molecule has 1 aromatic heterocycles. The van der Waals surface area contributed by atoms with Crippen LogP contribution in [0.15, 0.2) is 10.5 Å². The molecule has 2 heteroatoms. The zero-order valence-electron chi connectivity index (χ0n) is 9.27. The lowest BCUT2D eigenvalue weighted by Gasteiger charge is -2.09. The number of aryl methyl sites for hydroxylation is 2. The van der Waals surface area contributed by atoms with Crippen LogP contribution in [0, 0.1) is 25.7 Å². The van der Waals surface area contributed by atoms with Crippen molar-refractivity contribution < 1.29 is 4.42 Å². The lowest BCUT2D eigenvalue weighted by Crippen LogP contribution is -2.18. The molecule has 0 aliphatic heterocycles. The molecule has 0 aliphatic rings. The molecule has 1 rings (SSSR count). The van der Waals surface area contributed by atoms with E-state index in [0.717, 1.165) is 18.1 Å². The van der Waals surface area contributed by atoms with Crippen molar-refractivity contribution in [3.8, 4) is 11.8 Å². The largest absolute Gasteiger partial charge is 0.466 e. The van der Waals surface area contributed by atoms with Crippen molar-refractivity contribution in [2.45, 2.75) is 33.7 Å². The SMILES string of the molecule is CC#CCNC(C)c1cc(C)oc1C. The van der Waals surface area contributed by atoms with Gasteiger partial charge in [-0.25, -0.2) is 0 Å². The van der Waals surface area contributed by atoms with Crippen LogP contribution in [0.5, 0.6) is 0 Å². The zero-order chi connectivity index (χ0) is 10.6. The van der Waals surface area contributed by atoms with Crippen LogP contribution in [0.2, 0.25) is 0 Å². The predicted molar refractivity (Wildman–Crippen MR) is 58.0 cm³/mol. The smallest absolute Gasteiger partial charge is 0.105 e. The summed E-state index contributed by atoms with van der Waals surface area (Å²) in [6, 6.07) is 2.38. The second-order valence-corrected chi connectivity index (χ2v) is 3.40. The van der Waals surface area contributed by atoms with Crippen LogP contribution >= 0.6 is 0 Å². The van der Waals surface area contributed by atoms with E-state index in [1.807, 2.05) is 20.8 Å². The molecule has 0 bridgehead atoms. The Labute approximate surface area is 85.7 Å². The lowest BCUT2D eigenvalue weighted by atomic mass is 10.1. The molecule has 1 atom stereocenters.